The predicted molar refractivity (Wildman–Crippen MR) is 83.0 cm³/mol. The summed E-state index contributed by atoms with van der Waals surface area (Å²) in [6.07, 6.45) is 1.24. The van der Waals surface area contributed by atoms with Crippen molar-refractivity contribution in [3.63, 3.8) is 0 Å². The molecule has 1 aliphatic heterocycles. The Morgan fingerprint density at radius 1 is 1.26 bits per heavy atom. The lowest BCUT2D eigenvalue weighted by Gasteiger charge is -2.27. The van der Waals surface area contributed by atoms with E-state index in [4.69, 9.17) is 5.73 Å². The fourth-order valence-corrected chi connectivity index (χ4v) is 3.36. The first-order valence-corrected chi connectivity index (χ1v) is 7.26. The van der Waals surface area contributed by atoms with Crippen LogP contribution in [0.2, 0.25) is 0 Å². The van der Waals surface area contributed by atoms with E-state index in [-0.39, 0.29) is 0 Å². The number of nitrogens with two attached hydrogens (primary N) is 1. The highest BCUT2D eigenvalue weighted by Gasteiger charge is 2.27. The Labute approximate surface area is 117 Å². The van der Waals surface area contributed by atoms with Gasteiger partial charge in [-0.3, -0.25) is 0 Å². The summed E-state index contributed by atoms with van der Waals surface area (Å²) in [6.45, 7) is 10.6. The number of benzene rings is 1. The van der Waals surface area contributed by atoms with Crippen LogP contribution in [-0.4, -0.2) is 44.2 Å². The monoisotopic (exact) mass is 261 g/mol. The van der Waals surface area contributed by atoms with E-state index in [0.29, 0.717) is 6.04 Å². The van der Waals surface area contributed by atoms with Gasteiger partial charge in [0, 0.05) is 37.9 Å². The Hall–Kier alpha value is -1.06. The van der Waals surface area contributed by atoms with Crippen molar-refractivity contribution in [1.29, 1.82) is 0 Å². The second-order valence-corrected chi connectivity index (χ2v) is 5.91. The number of likely N-dealkylation sites (N-methyl/N-ethyl adjacent to an activating group) is 1. The number of hydrogen-bond acceptors (Lipinski definition) is 3. The van der Waals surface area contributed by atoms with Crippen LogP contribution in [0.5, 0.6) is 0 Å². The van der Waals surface area contributed by atoms with Crippen molar-refractivity contribution >= 4 is 5.69 Å². The number of anilines is 1. The van der Waals surface area contributed by atoms with E-state index in [1.54, 1.807) is 0 Å². The van der Waals surface area contributed by atoms with Crippen LogP contribution in [0.4, 0.5) is 5.69 Å². The highest BCUT2D eigenvalue weighted by Crippen LogP contribution is 2.30. The summed E-state index contributed by atoms with van der Waals surface area (Å²) < 4.78 is 0. The van der Waals surface area contributed by atoms with Crippen LogP contribution in [0.25, 0.3) is 0 Å². The fourth-order valence-electron chi connectivity index (χ4n) is 3.36. The first-order valence-electron chi connectivity index (χ1n) is 7.26. The van der Waals surface area contributed by atoms with E-state index >= 15 is 0 Å². The molecule has 1 aromatic carbocycles. The van der Waals surface area contributed by atoms with Gasteiger partial charge in [-0.1, -0.05) is 17.7 Å². The van der Waals surface area contributed by atoms with Crippen LogP contribution in [0.3, 0.4) is 0 Å². The topological polar surface area (TPSA) is 32.5 Å². The number of hydrogen-bond donors (Lipinski definition) is 1. The van der Waals surface area contributed by atoms with Crippen molar-refractivity contribution in [3.05, 3.63) is 28.8 Å². The molecule has 0 saturated carbocycles. The number of rotatable bonds is 4. The van der Waals surface area contributed by atoms with Gasteiger partial charge in [-0.25, -0.2) is 0 Å². The first kappa shape index (κ1) is 14.4. The van der Waals surface area contributed by atoms with Crippen molar-refractivity contribution in [3.8, 4) is 0 Å². The molecular formula is C16H27N3. The molecule has 0 amide bonds. The zero-order valence-corrected chi connectivity index (χ0v) is 12.7. The van der Waals surface area contributed by atoms with Crippen LogP contribution in [-0.2, 0) is 0 Å². The van der Waals surface area contributed by atoms with E-state index in [0.717, 1.165) is 26.2 Å². The lowest BCUT2D eigenvalue weighted by atomic mass is 10.0. The van der Waals surface area contributed by atoms with Crippen LogP contribution < -0.4 is 10.6 Å². The molecule has 0 aliphatic carbocycles. The van der Waals surface area contributed by atoms with Gasteiger partial charge < -0.3 is 15.5 Å². The minimum absolute atomic E-state index is 0.642. The highest BCUT2D eigenvalue weighted by molar-refractivity contribution is 5.61. The molecule has 0 spiro atoms. The lowest BCUT2D eigenvalue weighted by Crippen LogP contribution is -2.37. The molecule has 106 valence electrons. The third-order valence-corrected chi connectivity index (χ3v) is 4.22. The van der Waals surface area contributed by atoms with Crippen LogP contribution in [0.1, 0.15) is 23.1 Å². The van der Waals surface area contributed by atoms with Crippen molar-refractivity contribution in [2.45, 2.75) is 33.2 Å². The molecule has 0 aromatic heterocycles. The average Bonchev–Trinajstić information content (AvgIpc) is 2.77. The van der Waals surface area contributed by atoms with Gasteiger partial charge in [0.2, 0.25) is 0 Å². The zero-order chi connectivity index (χ0) is 14.0. The summed E-state index contributed by atoms with van der Waals surface area (Å²) in [5.41, 5.74) is 11.3. The molecule has 1 fully saturated rings. The van der Waals surface area contributed by atoms with E-state index in [1.807, 2.05) is 0 Å². The third kappa shape index (κ3) is 3.10. The van der Waals surface area contributed by atoms with Gasteiger partial charge in [-0.15, -0.1) is 0 Å². The maximum Gasteiger partial charge on any atom is 0.0426 e. The first-order chi connectivity index (χ1) is 9.02. The van der Waals surface area contributed by atoms with Gasteiger partial charge >= 0.3 is 0 Å². The minimum Gasteiger partial charge on any atom is -0.369 e. The Bertz CT molecular complexity index is 419. The molecule has 1 aliphatic rings. The maximum atomic E-state index is 5.65. The Morgan fingerprint density at radius 2 is 1.89 bits per heavy atom. The summed E-state index contributed by atoms with van der Waals surface area (Å²) in [5, 5.41) is 0. The van der Waals surface area contributed by atoms with Crippen molar-refractivity contribution in [2.75, 3.05) is 38.1 Å². The fraction of sp³-hybridized carbons (Fsp3) is 0.625. The average molecular weight is 261 g/mol. The Balaban J connectivity index is 2.13. The SMILES string of the molecule is Cc1cc(C)c(N2CCC(N(C)CCN)C2)c(C)c1. The van der Waals surface area contributed by atoms with Gasteiger partial charge in [0.15, 0.2) is 0 Å². The van der Waals surface area contributed by atoms with Crippen molar-refractivity contribution < 1.29 is 0 Å². The molecule has 3 heteroatoms. The number of nitrogens with zero attached hydrogens (tertiary/aromatic N) is 2. The molecule has 1 heterocycles. The quantitative estimate of drug-likeness (QED) is 0.900. The van der Waals surface area contributed by atoms with Crippen LogP contribution in [0.15, 0.2) is 12.1 Å². The smallest absolute Gasteiger partial charge is 0.0426 e. The molecule has 1 atom stereocenters. The van der Waals surface area contributed by atoms with Crippen molar-refractivity contribution in [1.82, 2.24) is 4.90 Å². The second kappa shape index (κ2) is 5.93. The minimum atomic E-state index is 0.642. The van der Waals surface area contributed by atoms with Crippen molar-refractivity contribution in [2.24, 2.45) is 5.73 Å². The molecule has 19 heavy (non-hydrogen) atoms. The van der Waals surface area contributed by atoms with Crippen LogP contribution in [0, 0.1) is 20.8 Å². The van der Waals surface area contributed by atoms with Gasteiger partial charge in [-0.05, 0) is 45.4 Å². The molecule has 2 rings (SSSR count). The Morgan fingerprint density at radius 3 is 2.47 bits per heavy atom. The molecule has 1 aromatic rings. The second-order valence-electron chi connectivity index (χ2n) is 5.91. The van der Waals surface area contributed by atoms with Gasteiger partial charge in [-0.2, -0.15) is 0 Å². The predicted octanol–water partition coefficient (Wildman–Crippen LogP) is 2.08. The Kier molecular flexibility index (Phi) is 4.48. The molecule has 1 unspecified atom stereocenters. The molecule has 0 bridgehead atoms. The summed E-state index contributed by atoms with van der Waals surface area (Å²) >= 11 is 0. The van der Waals surface area contributed by atoms with E-state index in [1.165, 1.54) is 28.8 Å². The summed E-state index contributed by atoms with van der Waals surface area (Å²) in [6, 6.07) is 5.22. The summed E-state index contributed by atoms with van der Waals surface area (Å²) in [5.74, 6) is 0. The van der Waals surface area contributed by atoms with E-state index < -0.39 is 0 Å². The van der Waals surface area contributed by atoms with Crippen LogP contribution >= 0.6 is 0 Å². The molecule has 1 saturated heterocycles. The van der Waals surface area contributed by atoms with Gasteiger partial charge in [0.1, 0.15) is 0 Å². The third-order valence-electron chi connectivity index (χ3n) is 4.22. The molecule has 2 N–H and O–H groups in total. The molecule has 0 radical (unpaired) electrons. The lowest BCUT2D eigenvalue weighted by molar-refractivity contribution is 0.266. The largest absolute Gasteiger partial charge is 0.369 e. The normalized spacial score (nSPS) is 19.5. The highest BCUT2D eigenvalue weighted by atomic mass is 15.2. The standard InChI is InChI=1S/C16H27N3/c1-12-9-13(2)16(14(3)10-12)19-7-5-15(11-19)18(4)8-6-17/h9-10,15H,5-8,11,17H2,1-4H3. The molecule has 3 nitrogen and oxygen atoms in total. The van der Waals surface area contributed by atoms with E-state index in [2.05, 4.69) is 49.8 Å². The van der Waals surface area contributed by atoms with Gasteiger partial charge in [0.05, 0.1) is 0 Å². The van der Waals surface area contributed by atoms with E-state index in [9.17, 15) is 0 Å². The number of aryl methyl sites for hydroxylation is 3. The summed E-state index contributed by atoms with van der Waals surface area (Å²) in [7, 11) is 2.19. The van der Waals surface area contributed by atoms with Gasteiger partial charge in [0.25, 0.3) is 0 Å². The summed E-state index contributed by atoms with van der Waals surface area (Å²) in [4.78, 5) is 4.95. The zero-order valence-electron chi connectivity index (χ0n) is 12.7. The molecular weight excluding hydrogens is 234 g/mol. The maximum absolute atomic E-state index is 5.65.